The monoisotopic (exact) mass is 384 g/mol. The van der Waals surface area contributed by atoms with Crippen LogP contribution in [0.2, 0.25) is 0 Å². The maximum atomic E-state index is 12.6. The molecule has 0 aliphatic carbocycles. The predicted molar refractivity (Wildman–Crippen MR) is 102 cm³/mol. The number of aromatic carboxylic acids is 1. The van der Waals surface area contributed by atoms with Crippen molar-refractivity contribution in [1.29, 1.82) is 0 Å². The van der Waals surface area contributed by atoms with E-state index in [9.17, 15) is 19.2 Å². The number of carbonyl (C=O) groups excluding carboxylic acids is 3. The molecule has 1 atom stereocenters. The lowest BCUT2D eigenvalue weighted by Gasteiger charge is -2.14. The number of amides is 3. The van der Waals surface area contributed by atoms with E-state index < -0.39 is 28.3 Å². The van der Waals surface area contributed by atoms with Crippen molar-refractivity contribution in [3.8, 4) is 0 Å². The molecule has 0 bridgehead atoms. The van der Waals surface area contributed by atoms with Crippen LogP contribution in [0.5, 0.6) is 0 Å². The van der Waals surface area contributed by atoms with E-state index in [0.29, 0.717) is 5.69 Å². The first-order valence-corrected chi connectivity index (χ1v) is 8.98. The molecule has 2 aromatic rings. The summed E-state index contributed by atoms with van der Waals surface area (Å²) in [5.74, 6) is -2.16. The van der Waals surface area contributed by atoms with E-state index in [1.807, 2.05) is 13.0 Å². The van der Waals surface area contributed by atoms with Crippen molar-refractivity contribution in [2.75, 3.05) is 10.2 Å². The third kappa shape index (κ3) is 4.01. The van der Waals surface area contributed by atoms with Gasteiger partial charge in [-0.2, -0.15) is 0 Å². The summed E-state index contributed by atoms with van der Waals surface area (Å²) in [6, 6.07) is 13.0. The number of para-hydroxylation sites is 1. The molecule has 1 aliphatic heterocycles. The zero-order valence-corrected chi connectivity index (χ0v) is 15.2. The summed E-state index contributed by atoms with van der Waals surface area (Å²) < 4.78 is 0. The van der Waals surface area contributed by atoms with E-state index in [2.05, 4.69) is 5.32 Å². The van der Waals surface area contributed by atoms with Gasteiger partial charge in [-0.15, -0.1) is 0 Å². The molecule has 27 heavy (non-hydrogen) atoms. The Morgan fingerprint density at radius 1 is 1.15 bits per heavy atom. The summed E-state index contributed by atoms with van der Waals surface area (Å²) >= 11 is 0.792. The summed E-state index contributed by atoms with van der Waals surface area (Å²) in [6.07, 6.45) is -0.231. The maximum absolute atomic E-state index is 12.6. The Morgan fingerprint density at radius 2 is 1.89 bits per heavy atom. The van der Waals surface area contributed by atoms with Crippen molar-refractivity contribution in [2.45, 2.75) is 18.6 Å². The molecule has 1 saturated heterocycles. The van der Waals surface area contributed by atoms with Gasteiger partial charge in [0, 0.05) is 6.42 Å². The number of hydrogen-bond acceptors (Lipinski definition) is 5. The zero-order valence-electron chi connectivity index (χ0n) is 14.3. The van der Waals surface area contributed by atoms with Gasteiger partial charge < -0.3 is 10.4 Å². The fourth-order valence-electron chi connectivity index (χ4n) is 2.74. The Morgan fingerprint density at radius 3 is 2.59 bits per heavy atom. The van der Waals surface area contributed by atoms with Crippen molar-refractivity contribution in [2.24, 2.45) is 0 Å². The van der Waals surface area contributed by atoms with Crippen LogP contribution in [-0.2, 0) is 9.59 Å². The molecular formula is C19H16N2O5S. The second-order valence-corrected chi connectivity index (χ2v) is 7.14. The van der Waals surface area contributed by atoms with Crippen LogP contribution < -0.4 is 10.2 Å². The van der Waals surface area contributed by atoms with Gasteiger partial charge in [-0.05, 0) is 48.5 Å². The lowest BCUT2D eigenvalue weighted by molar-refractivity contribution is -0.121. The molecular weight excluding hydrogens is 368 g/mol. The fraction of sp³-hybridized carbons (Fsp3) is 0.158. The molecule has 0 saturated carbocycles. The molecule has 1 fully saturated rings. The summed E-state index contributed by atoms with van der Waals surface area (Å²) in [6.45, 7) is 1.85. The van der Waals surface area contributed by atoms with Crippen LogP contribution in [-0.4, -0.2) is 33.4 Å². The average molecular weight is 384 g/mol. The van der Waals surface area contributed by atoms with E-state index in [0.717, 1.165) is 22.2 Å². The standard InChI is InChI=1S/C19H16N2O5S/c1-11-5-4-6-12(9-11)21-17(23)15(27-19(21)26)10-16(22)20-14-8-3-2-7-13(14)18(24)25/h2-9,15H,10H2,1H3,(H,20,22)(H,24,25). The van der Waals surface area contributed by atoms with E-state index in [1.165, 1.54) is 12.1 Å². The highest BCUT2D eigenvalue weighted by atomic mass is 32.2. The number of thioether (sulfide) groups is 1. The average Bonchev–Trinajstić information content (AvgIpc) is 2.88. The van der Waals surface area contributed by atoms with Gasteiger partial charge in [0.2, 0.25) is 11.8 Å². The highest BCUT2D eigenvalue weighted by molar-refractivity contribution is 8.15. The first kappa shape index (κ1) is 18.7. The summed E-state index contributed by atoms with van der Waals surface area (Å²) in [5.41, 5.74) is 1.47. The molecule has 7 nitrogen and oxygen atoms in total. The molecule has 2 N–H and O–H groups in total. The minimum Gasteiger partial charge on any atom is -0.478 e. The highest BCUT2D eigenvalue weighted by Gasteiger charge is 2.41. The molecule has 0 spiro atoms. The van der Waals surface area contributed by atoms with Crippen LogP contribution >= 0.6 is 11.8 Å². The Kier molecular flexibility index (Phi) is 5.27. The highest BCUT2D eigenvalue weighted by Crippen LogP contribution is 2.34. The van der Waals surface area contributed by atoms with Crippen molar-refractivity contribution >= 4 is 46.2 Å². The second kappa shape index (κ2) is 7.63. The first-order valence-electron chi connectivity index (χ1n) is 8.10. The number of imide groups is 1. The third-order valence-corrected chi connectivity index (χ3v) is 5.02. The number of carboxylic acids is 1. The number of anilines is 2. The predicted octanol–water partition coefficient (Wildman–Crippen LogP) is 3.29. The lowest BCUT2D eigenvalue weighted by atomic mass is 10.1. The Balaban J connectivity index is 1.72. The van der Waals surface area contributed by atoms with Gasteiger partial charge in [-0.25, -0.2) is 9.69 Å². The number of hydrogen-bond donors (Lipinski definition) is 2. The fourth-order valence-corrected chi connectivity index (χ4v) is 3.72. The zero-order chi connectivity index (χ0) is 19.6. The minimum atomic E-state index is -1.17. The second-order valence-electron chi connectivity index (χ2n) is 5.99. The van der Waals surface area contributed by atoms with E-state index in [1.54, 1.807) is 30.3 Å². The Bertz CT molecular complexity index is 943. The number of rotatable bonds is 5. The topological polar surface area (TPSA) is 104 Å². The molecule has 0 radical (unpaired) electrons. The van der Waals surface area contributed by atoms with Crippen molar-refractivity contribution < 1.29 is 24.3 Å². The number of carboxylic acid groups (broad SMARTS) is 1. The molecule has 1 unspecified atom stereocenters. The number of benzene rings is 2. The number of nitrogens with one attached hydrogen (secondary N) is 1. The Hall–Kier alpha value is -3.13. The number of aryl methyl sites for hydroxylation is 1. The number of carbonyl (C=O) groups is 4. The van der Waals surface area contributed by atoms with Gasteiger partial charge in [-0.3, -0.25) is 14.4 Å². The minimum absolute atomic E-state index is 0.0475. The molecule has 138 valence electrons. The van der Waals surface area contributed by atoms with Gasteiger partial charge in [0.15, 0.2) is 0 Å². The van der Waals surface area contributed by atoms with Gasteiger partial charge in [0.25, 0.3) is 5.24 Å². The molecule has 2 aromatic carbocycles. The van der Waals surface area contributed by atoms with Crippen molar-refractivity contribution in [1.82, 2.24) is 0 Å². The van der Waals surface area contributed by atoms with Crippen LogP contribution in [0.1, 0.15) is 22.3 Å². The largest absolute Gasteiger partial charge is 0.478 e. The van der Waals surface area contributed by atoms with Crippen LogP contribution in [0.3, 0.4) is 0 Å². The molecule has 1 aliphatic rings. The van der Waals surface area contributed by atoms with Gasteiger partial charge in [0.1, 0.15) is 5.25 Å². The summed E-state index contributed by atoms with van der Waals surface area (Å²) in [5, 5.41) is 10.4. The quantitative estimate of drug-likeness (QED) is 0.820. The molecule has 3 amide bonds. The van der Waals surface area contributed by atoms with Crippen LogP contribution in [0, 0.1) is 6.92 Å². The summed E-state index contributed by atoms with van der Waals surface area (Å²) in [4.78, 5) is 49.4. The normalized spacial score (nSPS) is 16.5. The maximum Gasteiger partial charge on any atom is 0.337 e. The third-order valence-electron chi connectivity index (χ3n) is 3.98. The van der Waals surface area contributed by atoms with E-state index >= 15 is 0 Å². The number of nitrogens with zero attached hydrogens (tertiary/aromatic N) is 1. The first-order chi connectivity index (χ1) is 12.9. The smallest absolute Gasteiger partial charge is 0.337 e. The lowest BCUT2D eigenvalue weighted by Crippen LogP contribution is -2.33. The van der Waals surface area contributed by atoms with Gasteiger partial charge >= 0.3 is 5.97 Å². The van der Waals surface area contributed by atoms with Crippen molar-refractivity contribution in [3.05, 3.63) is 59.7 Å². The molecule has 1 heterocycles. The van der Waals surface area contributed by atoms with E-state index in [-0.39, 0.29) is 17.7 Å². The van der Waals surface area contributed by atoms with Crippen LogP contribution in [0.15, 0.2) is 48.5 Å². The van der Waals surface area contributed by atoms with Gasteiger partial charge in [0.05, 0.1) is 16.9 Å². The molecule has 0 aromatic heterocycles. The molecule has 3 rings (SSSR count). The van der Waals surface area contributed by atoms with Crippen molar-refractivity contribution in [3.63, 3.8) is 0 Å². The van der Waals surface area contributed by atoms with Crippen LogP contribution in [0.25, 0.3) is 0 Å². The SMILES string of the molecule is Cc1cccc(N2C(=O)SC(CC(=O)Nc3ccccc3C(=O)O)C2=O)c1. The molecule has 8 heteroatoms. The van der Waals surface area contributed by atoms with E-state index in [4.69, 9.17) is 5.11 Å². The van der Waals surface area contributed by atoms with Crippen LogP contribution in [0.4, 0.5) is 16.2 Å². The van der Waals surface area contributed by atoms with Gasteiger partial charge in [-0.1, -0.05) is 24.3 Å². The summed E-state index contributed by atoms with van der Waals surface area (Å²) in [7, 11) is 0. The Labute approximate surface area is 159 Å².